The van der Waals surface area contributed by atoms with Crippen molar-refractivity contribution in [3.8, 4) is 0 Å². The first-order chi connectivity index (χ1) is 7.41. The molecule has 0 spiro atoms. The molecule has 82 valence electrons. The van der Waals surface area contributed by atoms with E-state index in [2.05, 4.69) is 0 Å². The minimum atomic E-state index is -3.88. The lowest BCUT2D eigenvalue weighted by molar-refractivity contribution is -0.132. The standard InChI is InChI=1S/C7H15N3O3S/c1-9(2)7(11)6-4-3-5-10(6)14(8,12)13/h6H,3-5H2,1-2H3,(H2,8,12,13)/t6-/m0/s1/i1D,2D. The SMILES string of the molecule is [2H]CN(C[2H])C(=O)[C@@H]1CCCN1S(N)(=O)=O. The average Bonchev–Trinajstić information content (AvgIpc) is 2.67. The largest absolute Gasteiger partial charge is 0.347 e. The molecule has 1 fully saturated rings. The minimum Gasteiger partial charge on any atom is -0.347 e. The summed E-state index contributed by atoms with van der Waals surface area (Å²) < 4.78 is 37.4. The lowest BCUT2D eigenvalue weighted by Gasteiger charge is -2.23. The number of amides is 1. The summed E-state index contributed by atoms with van der Waals surface area (Å²) in [6.07, 6.45) is 0.961. The molecule has 2 N–H and O–H groups in total. The maximum atomic E-state index is 11.8. The van der Waals surface area contributed by atoms with Gasteiger partial charge in [0.1, 0.15) is 6.04 Å². The first-order valence-electron chi connectivity index (χ1n) is 5.50. The Morgan fingerprint density at radius 3 is 2.79 bits per heavy atom. The van der Waals surface area contributed by atoms with Crippen LogP contribution in [0, 0.1) is 0 Å². The highest BCUT2D eigenvalue weighted by Gasteiger charge is 2.37. The zero-order valence-electron chi connectivity index (χ0n) is 9.72. The van der Waals surface area contributed by atoms with Crippen LogP contribution in [0.4, 0.5) is 0 Å². The molecule has 0 bridgehead atoms. The van der Waals surface area contributed by atoms with Crippen molar-refractivity contribution >= 4 is 16.1 Å². The van der Waals surface area contributed by atoms with Gasteiger partial charge in [0.15, 0.2) is 0 Å². The molecule has 0 aromatic rings. The number of carbonyl (C=O) groups excluding carboxylic acids is 1. The number of hydrogen-bond donors (Lipinski definition) is 1. The molecule has 1 amide bonds. The normalized spacial score (nSPS) is 25.6. The molecule has 1 aliphatic heterocycles. The Labute approximate surface area is 86.7 Å². The molecule has 0 aromatic carbocycles. The average molecular weight is 223 g/mol. The van der Waals surface area contributed by atoms with Gasteiger partial charge in [0, 0.05) is 23.3 Å². The molecule has 1 rings (SSSR count). The van der Waals surface area contributed by atoms with E-state index in [1.165, 1.54) is 0 Å². The van der Waals surface area contributed by atoms with Crippen LogP contribution in [0.2, 0.25) is 0 Å². The molecule has 0 saturated carbocycles. The molecule has 1 atom stereocenters. The first kappa shape index (κ1) is 8.63. The highest BCUT2D eigenvalue weighted by molar-refractivity contribution is 7.86. The number of nitrogens with zero attached hydrogens (tertiary/aromatic N) is 2. The summed E-state index contributed by atoms with van der Waals surface area (Å²) in [6, 6.07) is -0.842. The van der Waals surface area contributed by atoms with E-state index < -0.39 is 22.2 Å². The van der Waals surface area contributed by atoms with E-state index in [4.69, 9.17) is 7.88 Å². The molecular weight excluding hydrogens is 206 g/mol. The zero-order chi connectivity index (χ0) is 12.3. The molecule has 7 heteroatoms. The fourth-order valence-corrected chi connectivity index (χ4v) is 2.44. The lowest BCUT2D eigenvalue weighted by Crippen LogP contribution is -2.47. The van der Waals surface area contributed by atoms with E-state index in [1.807, 2.05) is 0 Å². The third-order valence-corrected chi connectivity index (χ3v) is 3.22. The van der Waals surface area contributed by atoms with Crippen LogP contribution >= 0.6 is 0 Å². The van der Waals surface area contributed by atoms with Crippen molar-refractivity contribution in [2.45, 2.75) is 18.9 Å². The van der Waals surface area contributed by atoms with Gasteiger partial charge in [-0.3, -0.25) is 4.79 Å². The van der Waals surface area contributed by atoms with Gasteiger partial charge in [-0.15, -0.1) is 0 Å². The molecule has 0 radical (unpaired) electrons. The molecule has 6 nitrogen and oxygen atoms in total. The van der Waals surface area contributed by atoms with Crippen LogP contribution in [-0.2, 0) is 15.0 Å². The van der Waals surface area contributed by atoms with Gasteiger partial charge in [-0.05, 0) is 12.8 Å². The van der Waals surface area contributed by atoms with E-state index in [9.17, 15) is 13.2 Å². The highest BCUT2D eigenvalue weighted by atomic mass is 32.2. The summed E-state index contributed by atoms with van der Waals surface area (Å²) in [5, 5.41) is 4.99. The summed E-state index contributed by atoms with van der Waals surface area (Å²) in [5.74, 6) is -0.517. The Morgan fingerprint density at radius 1 is 1.64 bits per heavy atom. The fraction of sp³-hybridized carbons (Fsp3) is 0.857. The van der Waals surface area contributed by atoms with Crippen LogP contribution in [0.25, 0.3) is 0 Å². The van der Waals surface area contributed by atoms with Gasteiger partial charge in [0.25, 0.3) is 10.2 Å². The number of rotatable bonds is 2. The Bertz CT molecular complexity index is 358. The van der Waals surface area contributed by atoms with Gasteiger partial charge in [0.2, 0.25) is 5.91 Å². The molecule has 1 saturated heterocycles. The Balaban J connectivity index is 2.83. The Hall–Kier alpha value is -0.660. The van der Waals surface area contributed by atoms with Gasteiger partial charge >= 0.3 is 0 Å². The quantitative estimate of drug-likeness (QED) is 0.634. The van der Waals surface area contributed by atoms with Crippen LogP contribution < -0.4 is 5.14 Å². The van der Waals surface area contributed by atoms with E-state index in [1.54, 1.807) is 0 Å². The molecular formula is C7H15N3O3S. The van der Waals surface area contributed by atoms with Crippen LogP contribution in [-0.4, -0.2) is 50.2 Å². The van der Waals surface area contributed by atoms with Crippen LogP contribution in [0.15, 0.2) is 0 Å². The van der Waals surface area contributed by atoms with E-state index in [0.29, 0.717) is 12.8 Å². The highest BCUT2D eigenvalue weighted by Crippen LogP contribution is 2.20. The second-order valence-corrected chi connectivity index (χ2v) is 4.69. The van der Waals surface area contributed by atoms with Crippen molar-refractivity contribution in [1.82, 2.24) is 9.21 Å². The summed E-state index contributed by atoms with van der Waals surface area (Å²) >= 11 is 0. The number of hydrogen-bond acceptors (Lipinski definition) is 3. The van der Waals surface area contributed by atoms with Crippen molar-refractivity contribution in [2.24, 2.45) is 5.14 Å². The molecule has 14 heavy (non-hydrogen) atoms. The smallest absolute Gasteiger partial charge is 0.277 e. The van der Waals surface area contributed by atoms with Gasteiger partial charge in [-0.25, -0.2) is 5.14 Å². The predicted molar refractivity (Wildman–Crippen MR) is 51.5 cm³/mol. The van der Waals surface area contributed by atoms with Crippen molar-refractivity contribution in [3.05, 3.63) is 0 Å². The molecule has 0 aromatic heterocycles. The maximum absolute atomic E-state index is 11.8. The van der Waals surface area contributed by atoms with E-state index in [0.717, 1.165) is 9.21 Å². The molecule has 0 aliphatic carbocycles. The van der Waals surface area contributed by atoms with E-state index >= 15 is 0 Å². The maximum Gasteiger partial charge on any atom is 0.277 e. The number of carbonyl (C=O) groups is 1. The second-order valence-electron chi connectivity index (χ2n) is 3.19. The number of nitrogens with two attached hydrogens (primary N) is 1. The summed E-state index contributed by atoms with van der Waals surface area (Å²) in [7, 11) is -4.58. The first-order valence-corrected chi connectivity index (χ1v) is 5.59. The fourth-order valence-electron chi connectivity index (χ4n) is 1.50. The second kappa shape index (κ2) is 3.84. The predicted octanol–water partition coefficient (Wildman–Crippen LogP) is -1.26. The Morgan fingerprint density at radius 2 is 2.29 bits per heavy atom. The summed E-state index contributed by atoms with van der Waals surface area (Å²) in [5.41, 5.74) is 0. The van der Waals surface area contributed by atoms with Crippen LogP contribution in [0.1, 0.15) is 15.6 Å². The van der Waals surface area contributed by atoms with Gasteiger partial charge in [-0.1, -0.05) is 0 Å². The van der Waals surface area contributed by atoms with Gasteiger partial charge < -0.3 is 4.90 Å². The lowest BCUT2D eigenvalue weighted by atomic mass is 10.2. The van der Waals surface area contributed by atoms with Crippen LogP contribution in [0.5, 0.6) is 0 Å². The van der Waals surface area contributed by atoms with Gasteiger partial charge in [0.05, 0.1) is 0 Å². The minimum absolute atomic E-state index is 0.221. The van der Waals surface area contributed by atoms with E-state index in [-0.39, 0.29) is 20.6 Å². The van der Waals surface area contributed by atoms with Crippen molar-refractivity contribution in [2.75, 3.05) is 20.6 Å². The van der Waals surface area contributed by atoms with Crippen molar-refractivity contribution in [3.63, 3.8) is 0 Å². The van der Waals surface area contributed by atoms with Crippen LogP contribution in [0.3, 0.4) is 0 Å². The van der Waals surface area contributed by atoms with Gasteiger partial charge in [-0.2, -0.15) is 12.7 Å². The summed E-state index contributed by atoms with van der Waals surface area (Å²) in [6.45, 7) is 0.221. The molecule has 1 heterocycles. The van der Waals surface area contributed by atoms with Crippen molar-refractivity contribution in [1.29, 1.82) is 0 Å². The third-order valence-electron chi connectivity index (χ3n) is 2.13. The monoisotopic (exact) mass is 223 g/mol. The third kappa shape index (κ3) is 2.23. The topological polar surface area (TPSA) is 83.7 Å². The molecule has 0 unspecified atom stereocenters. The zero-order valence-corrected chi connectivity index (χ0v) is 8.53. The molecule has 1 aliphatic rings. The summed E-state index contributed by atoms with van der Waals surface area (Å²) in [4.78, 5) is 12.8. The van der Waals surface area contributed by atoms with Crippen molar-refractivity contribution < 1.29 is 16.0 Å². The number of likely N-dealkylation sites (N-methyl/N-ethyl adjacent to an activating group) is 1. The Kier molecular flexibility index (Phi) is 2.37.